The zero-order valence-electron chi connectivity index (χ0n) is 13.4. The van der Waals surface area contributed by atoms with Gasteiger partial charge < -0.3 is 20.1 Å². The minimum Gasteiger partial charge on any atom is -0.508 e. The molecule has 1 saturated heterocycles. The molecule has 2 unspecified atom stereocenters. The van der Waals surface area contributed by atoms with Crippen molar-refractivity contribution in [1.82, 2.24) is 5.32 Å². The van der Waals surface area contributed by atoms with Crippen molar-refractivity contribution in [1.29, 1.82) is 0 Å². The second kappa shape index (κ2) is 7.66. The smallest absolute Gasteiger partial charge is 0.122 e. The fraction of sp³-hybridized carbons (Fsp3) is 0.647. The number of nitrogens with one attached hydrogen (secondary N) is 1. The SMILES string of the molecule is CCCNC(C)c1ccc(N(C)CC2CCCO2)cc1O. The quantitative estimate of drug-likeness (QED) is 0.810. The van der Waals surface area contributed by atoms with Gasteiger partial charge in [-0.2, -0.15) is 0 Å². The molecule has 2 atom stereocenters. The van der Waals surface area contributed by atoms with E-state index in [0.717, 1.165) is 50.2 Å². The van der Waals surface area contributed by atoms with Gasteiger partial charge in [-0.25, -0.2) is 0 Å². The lowest BCUT2D eigenvalue weighted by atomic mass is 10.1. The Bertz CT molecular complexity index is 444. The van der Waals surface area contributed by atoms with E-state index in [2.05, 4.69) is 37.2 Å². The molecule has 0 bridgehead atoms. The van der Waals surface area contributed by atoms with Gasteiger partial charge in [-0.15, -0.1) is 0 Å². The summed E-state index contributed by atoms with van der Waals surface area (Å²) in [6.07, 6.45) is 3.70. The number of phenols is 1. The second-order valence-electron chi connectivity index (χ2n) is 5.93. The lowest BCUT2D eigenvalue weighted by Gasteiger charge is -2.24. The summed E-state index contributed by atoms with van der Waals surface area (Å²) >= 11 is 0. The minimum absolute atomic E-state index is 0.169. The fourth-order valence-electron chi connectivity index (χ4n) is 2.81. The van der Waals surface area contributed by atoms with Crippen LogP contribution in [-0.2, 0) is 4.74 Å². The minimum atomic E-state index is 0.169. The van der Waals surface area contributed by atoms with Gasteiger partial charge in [0.15, 0.2) is 0 Å². The first kappa shape index (κ1) is 16.1. The topological polar surface area (TPSA) is 44.7 Å². The van der Waals surface area contributed by atoms with Crippen LogP contribution < -0.4 is 10.2 Å². The normalized spacial score (nSPS) is 19.7. The number of likely N-dealkylation sites (N-methyl/N-ethyl adjacent to an activating group) is 1. The lowest BCUT2D eigenvalue weighted by Crippen LogP contribution is -2.28. The van der Waals surface area contributed by atoms with Crippen LogP contribution in [0.3, 0.4) is 0 Å². The summed E-state index contributed by atoms with van der Waals surface area (Å²) in [6.45, 7) is 6.94. The third-order valence-electron chi connectivity index (χ3n) is 4.12. The van der Waals surface area contributed by atoms with Crippen LogP contribution in [-0.4, -0.2) is 38.0 Å². The average molecular weight is 292 g/mol. The molecule has 1 aromatic rings. The number of benzene rings is 1. The highest BCUT2D eigenvalue weighted by Crippen LogP contribution is 2.29. The van der Waals surface area contributed by atoms with E-state index in [1.807, 2.05) is 12.1 Å². The van der Waals surface area contributed by atoms with E-state index < -0.39 is 0 Å². The molecule has 0 radical (unpaired) electrons. The molecule has 1 aromatic carbocycles. The summed E-state index contributed by atoms with van der Waals surface area (Å²) in [5, 5.41) is 13.7. The number of hydrogen-bond acceptors (Lipinski definition) is 4. The van der Waals surface area contributed by atoms with Gasteiger partial charge in [0, 0.05) is 43.6 Å². The van der Waals surface area contributed by atoms with E-state index in [9.17, 15) is 5.11 Å². The molecular weight excluding hydrogens is 264 g/mol. The average Bonchev–Trinajstić information content (AvgIpc) is 2.97. The summed E-state index contributed by atoms with van der Waals surface area (Å²) < 4.78 is 5.67. The van der Waals surface area contributed by atoms with Gasteiger partial charge in [0.2, 0.25) is 0 Å². The van der Waals surface area contributed by atoms with Crippen LogP contribution in [0.4, 0.5) is 5.69 Å². The molecule has 1 fully saturated rings. The molecule has 4 heteroatoms. The first-order valence-corrected chi connectivity index (χ1v) is 8.00. The highest BCUT2D eigenvalue weighted by atomic mass is 16.5. The molecule has 2 N–H and O–H groups in total. The summed E-state index contributed by atoms with van der Waals surface area (Å²) in [6, 6.07) is 6.12. The Balaban J connectivity index is 2.00. The molecule has 118 valence electrons. The number of aromatic hydroxyl groups is 1. The van der Waals surface area contributed by atoms with Crippen molar-refractivity contribution in [3.8, 4) is 5.75 Å². The number of ether oxygens (including phenoxy) is 1. The highest BCUT2D eigenvalue weighted by Gasteiger charge is 2.18. The molecule has 1 heterocycles. The Morgan fingerprint density at radius 3 is 2.90 bits per heavy atom. The van der Waals surface area contributed by atoms with Crippen LogP contribution in [0.1, 0.15) is 44.7 Å². The maximum atomic E-state index is 10.3. The van der Waals surface area contributed by atoms with Gasteiger partial charge in [-0.05, 0) is 38.8 Å². The maximum Gasteiger partial charge on any atom is 0.122 e. The molecule has 0 amide bonds. The number of rotatable bonds is 7. The van der Waals surface area contributed by atoms with Gasteiger partial charge in [0.05, 0.1) is 6.10 Å². The van der Waals surface area contributed by atoms with E-state index in [1.54, 1.807) is 0 Å². The molecule has 4 nitrogen and oxygen atoms in total. The zero-order valence-corrected chi connectivity index (χ0v) is 13.4. The van der Waals surface area contributed by atoms with Crippen LogP contribution in [0.2, 0.25) is 0 Å². The summed E-state index contributed by atoms with van der Waals surface area (Å²) in [4.78, 5) is 2.16. The molecule has 0 spiro atoms. The Labute approximate surface area is 128 Å². The summed E-state index contributed by atoms with van der Waals surface area (Å²) in [7, 11) is 2.05. The molecule has 2 rings (SSSR count). The van der Waals surface area contributed by atoms with Crippen LogP contribution in [0, 0.1) is 0 Å². The number of nitrogens with zero attached hydrogens (tertiary/aromatic N) is 1. The van der Waals surface area contributed by atoms with Gasteiger partial charge in [-0.3, -0.25) is 0 Å². The lowest BCUT2D eigenvalue weighted by molar-refractivity contribution is 0.116. The standard InChI is InChI=1S/C17H28N2O2/c1-4-9-18-13(2)16-8-7-14(11-17(16)20)19(3)12-15-6-5-10-21-15/h7-8,11,13,15,18,20H,4-6,9-10,12H2,1-3H3. The third-order valence-corrected chi connectivity index (χ3v) is 4.12. The van der Waals surface area contributed by atoms with Gasteiger partial charge in [-0.1, -0.05) is 13.0 Å². The molecule has 1 aliphatic heterocycles. The van der Waals surface area contributed by atoms with Crippen molar-refractivity contribution in [3.63, 3.8) is 0 Å². The van der Waals surface area contributed by atoms with E-state index >= 15 is 0 Å². The Kier molecular flexibility index (Phi) is 5.88. The highest BCUT2D eigenvalue weighted by molar-refractivity contribution is 5.53. The van der Waals surface area contributed by atoms with E-state index in [0.29, 0.717) is 11.9 Å². The first-order chi connectivity index (χ1) is 10.1. The summed E-state index contributed by atoms with van der Waals surface area (Å²) in [5.41, 5.74) is 1.99. The number of phenolic OH excluding ortho intramolecular Hbond substituents is 1. The molecule has 0 aliphatic carbocycles. The summed E-state index contributed by atoms with van der Waals surface area (Å²) in [5.74, 6) is 0.364. The Morgan fingerprint density at radius 2 is 2.29 bits per heavy atom. The maximum absolute atomic E-state index is 10.3. The van der Waals surface area contributed by atoms with Gasteiger partial charge >= 0.3 is 0 Å². The van der Waals surface area contributed by atoms with Crippen molar-refractivity contribution in [2.24, 2.45) is 0 Å². The van der Waals surface area contributed by atoms with Crippen LogP contribution in [0.5, 0.6) is 5.75 Å². The first-order valence-electron chi connectivity index (χ1n) is 8.00. The predicted molar refractivity (Wildman–Crippen MR) is 87.1 cm³/mol. The Hall–Kier alpha value is -1.26. The fourth-order valence-corrected chi connectivity index (χ4v) is 2.81. The van der Waals surface area contributed by atoms with Crippen molar-refractivity contribution < 1.29 is 9.84 Å². The van der Waals surface area contributed by atoms with E-state index in [1.165, 1.54) is 0 Å². The van der Waals surface area contributed by atoms with Crippen LogP contribution in [0.25, 0.3) is 0 Å². The van der Waals surface area contributed by atoms with E-state index in [4.69, 9.17) is 4.74 Å². The Morgan fingerprint density at radius 1 is 1.48 bits per heavy atom. The molecule has 21 heavy (non-hydrogen) atoms. The van der Waals surface area contributed by atoms with Crippen molar-refractivity contribution in [3.05, 3.63) is 23.8 Å². The van der Waals surface area contributed by atoms with E-state index in [-0.39, 0.29) is 6.04 Å². The van der Waals surface area contributed by atoms with Gasteiger partial charge in [0.1, 0.15) is 5.75 Å². The molecule has 0 aromatic heterocycles. The number of anilines is 1. The monoisotopic (exact) mass is 292 g/mol. The van der Waals surface area contributed by atoms with Crippen LogP contribution >= 0.6 is 0 Å². The zero-order chi connectivity index (χ0) is 15.2. The van der Waals surface area contributed by atoms with Gasteiger partial charge in [0.25, 0.3) is 0 Å². The molecule has 0 saturated carbocycles. The van der Waals surface area contributed by atoms with Crippen molar-refractivity contribution in [2.45, 2.75) is 45.3 Å². The predicted octanol–water partition coefficient (Wildman–Crippen LogP) is 3.07. The second-order valence-corrected chi connectivity index (χ2v) is 5.93. The molecular formula is C17H28N2O2. The van der Waals surface area contributed by atoms with Crippen molar-refractivity contribution in [2.75, 3.05) is 31.6 Å². The number of hydrogen-bond donors (Lipinski definition) is 2. The molecule has 1 aliphatic rings. The van der Waals surface area contributed by atoms with Crippen LogP contribution in [0.15, 0.2) is 18.2 Å². The third kappa shape index (κ3) is 4.35. The largest absolute Gasteiger partial charge is 0.508 e. The van der Waals surface area contributed by atoms with Crippen molar-refractivity contribution >= 4 is 5.69 Å².